The summed E-state index contributed by atoms with van der Waals surface area (Å²) in [7, 11) is -2.50. The molecule has 0 radical (unpaired) electrons. The number of ether oxygens (including phenoxy) is 1. The highest BCUT2D eigenvalue weighted by molar-refractivity contribution is 7.90. The van der Waals surface area contributed by atoms with Crippen molar-refractivity contribution in [3.8, 4) is 0 Å². The predicted molar refractivity (Wildman–Crippen MR) is 141 cm³/mol. The molecule has 4 aromatic rings. The second-order valence-electron chi connectivity index (χ2n) is 9.66. The van der Waals surface area contributed by atoms with Crippen molar-refractivity contribution in [2.45, 2.75) is 37.7 Å². The molecule has 4 heterocycles. The smallest absolute Gasteiger partial charge is 0.328 e. The van der Waals surface area contributed by atoms with Crippen LogP contribution in [0.4, 0.5) is 0 Å². The number of nitrogens with zero attached hydrogens (tertiary/aromatic N) is 7. The van der Waals surface area contributed by atoms with Crippen molar-refractivity contribution >= 4 is 21.7 Å². The Labute approximate surface area is 230 Å². The maximum absolute atomic E-state index is 13.5. The van der Waals surface area contributed by atoms with Crippen LogP contribution in [0.15, 0.2) is 60.9 Å². The van der Waals surface area contributed by atoms with Crippen LogP contribution in [0.3, 0.4) is 0 Å². The second kappa shape index (κ2) is 11.7. The molecule has 1 N–H and O–H groups in total. The molecule has 2 atom stereocenters. The Hall–Kier alpha value is -4.46. The Morgan fingerprint density at radius 3 is 2.17 bits per heavy atom. The molecule has 1 amide bonds. The standard InChI is InChI=1S/C26H28N8O5S/c1-39-26(36)24-11-23-15-34(32-30-23)13-21-9-5-8-20(27-21)12-33-14-22(29-31-33)10-19(25(35)28-24)17-40(37,38)16-18-6-3-2-4-7-18/h2-9,14-15,19,24H,10-13,16-17H2,1H3,(H,28,35)/t19-,24-/m0/s1. The molecule has 5 rings (SSSR count). The highest BCUT2D eigenvalue weighted by Crippen LogP contribution is 2.16. The van der Waals surface area contributed by atoms with Crippen LogP contribution in [0.5, 0.6) is 0 Å². The Balaban J connectivity index is 1.48. The van der Waals surface area contributed by atoms with Gasteiger partial charge in [-0.15, -0.1) is 10.2 Å². The number of benzene rings is 1. The normalized spacial score (nSPS) is 18.0. The van der Waals surface area contributed by atoms with Gasteiger partial charge in [0.1, 0.15) is 6.04 Å². The molecule has 1 aliphatic heterocycles. The molecule has 0 fully saturated rings. The van der Waals surface area contributed by atoms with Gasteiger partial charge < -0.3 is 10.1 Å². The number of fused-ring (bicyclic) bond motifs is 6. The van der Waals surface area contributed by atoms with E-state index in [1.165, 1.54) is 7.11 Å². The van der Waals surface area contributed by atoms with Crippen molar-refractivity contribution < 1.29 is 22.7 Å². The van der Waals surface area contributed by atoms with Crippen LogP contribution in [0, 0.1) is 5.92 Å². The van der Waals surface area contributed by atoms with E-state index in [4.69, 9.17) is 4.74 Å². The lowest BCUT2D eigenvalue weighted by atomic mass is 10.0. The average molecular weight is 565 g/mol. The van der Waals surface area contributed by atoms with Gasteiger partial charge in [-0.25, -0.2) is 22.6 Å². The fraction of sp³-hybridized carbons (Fsp3) is 0.346. The highest BCUT2D eigenvalue weighted by atomic mass is 32.2. The van der Waals surface area contributed by atoms with Crippen LogP contribution in [0.2, 0.25) is 0 Å². The van der Waals surface area contributed by atoms with Crippen molar-refractivity contribution in [2.24, 2.45) is 5.92 Å². The van der Waals surface area contributed by atoms with E-state index in [1.807, 2.05) is 18.2 Å². The van der Waals surface area contributed by atoms with Crippen LogP contribution >= 0.6 is 0 Å². The van der Waals surface area contributed by atoms with E-state index in [2.05, 4.69) is 30.9 Å². The number of carbonyl (C=O) groups excluding carboxylic acids is 2. The molecular weight excluding hydrogens is 536 g/mol. The van der Waals surface area contributed by atoms with Gasteiger partial charge in [0.25, 0.3) is 0 Å². The molecule has 0 spiro atoms. The summed E-state index contributed by atoms with van der Waals surface area (Å²) in [6, 6.07) is 13.2. The molecule has 6 bridgehead atoms. The third-order valence-electron chi connectivity index (χ3n) is 6.41. The number of amides is 1. The first-order valence-corrected chi connectivity index (χ1v) is 14.4. The Bertz CT molecular complexity index is 1600. The fourth-order valence-electron chi connectivity index (χ4n) is 4.56. The maximum atomic E-state index is 13.5. The van der Waals surface area contributed by atoms with Crippen LogP contribution < -0.4 is 5.32 Å². The van der Waals surface area contributed by atoms with Crippen LogP contribution in [-0.4, -0.2) is 74.2 Å². The number of nitrogens with one attached hydrogen (secondary N) is 1. The molecule has 0 aliphatic carbocycles. The lowest BCUT2D eigenvalue weighted by Gasteiger charge is -2.20. The zero-order valence-electron chi connectivity index (χ0n) is 21.8. The van der Waals surface area contributed by atoms with Gasteiger partial charge in [0, 0.05) is 25.2 Å². The van der Waals surface area contributed by atoms with Gasteiger partial charge in [0.2, 0.25) is 5.91 Å². The third-order valence-corrected chi connectivity index (χ3v) is 8.09. The SMILES string of the molecule is COC(=O)[C@@H]1Cc2cn(nn2)Cc2cccc(n2)Cn2cc(nn2)C[C@@H](CS(=O)(=O)Cc2ccccc2)C(=O)N1. The summed E-state index contributed by atoms with van der Waals surface area (Å²) in [6.45, 7) is 0.678. The minimum atomic E-state index is -3.72. The van der Waals surface area contributed by atoms with Crippen molar-refractivity contribution in [3.63, 3.8) is 0 Å². The van der Waals surface area contributed by atoms with Gasteiger partial charge in [-0.05, 0) is 17.7 Å². The monoisotopic (exact) mass is 564 g/mol. The van der Waals surface area contributed by atoms with E-state index in [1.54, 1.807) is 52.1 Å². The zero-order chi connectivity index (χ0) is 28.1. The summed E-state index contributed by atoms with van der Waals surface area (Å²) < 4.78 is 34.4. The Kier molecular flexibility index (Phi) is 7.96. The first-order chi connectivity index (χ1) is 19.3. The molecule has 14 heteroatoms. The highest BCUT2D eigenvalue weighted by Gasteiger charge is 2.31. The number of sulfone groups is 1. The lowest BCUT2D eigenvalue weighted by Crippen LogP contribution is -2.47. The largest absolute Gasteiger partial charge is 0.467 e. The minimum Gasteiger partial charge on any atom is -0.467 e. The number of aromatic nitrogens is 7. The van der Waals surface area contributed by atoms with Crippen LogP contribution in [-0.2, 0) is 55.8 Å². The first-order valence-electron chi connectivity index (χ1n) is 12.6. The molecular formula is C26H28N8O5S. The molecule has 0 saturated carbocycles. The molecule has 1 aliphatic rings. The summed E-state index contributed by atoms with van der Waals surface area (Å²) in [4.78, 5) is 30.8. The third kappa shape index (κ3) is 6.94. The summed E-state index contributed by atoms with van der Waals surface area (Å²) >= 11 is 0. The number of carbonyl (C=O) groups is 2. The average Bonchev–Trinajstić information content (AvgIpc) is 3.56. The summed E-state index contributed by atoms with van der Waals surface area (Å²) in [5.41, 5.74) is 2.99. The summed E-state index contributed by atoms with van der Waals surface area (Å²) in [5.74, 6) is -3.03. The predicted octanol–water partition coefficient (Wildman–Crippen LogP) is 0.349. The summed E-state index contributed by atoms with van der Waals surface area (Å²) in [6.07, 6.45) is 3.33. The van der Waals surface area contributed by atoms with Crippen LogP contribution in [0.1, 0.15) is 28.3 Å². The summed E-state index contributed by atoms with van der Waals surface area (Å²) in [5, 5.41) is 19.3. The number of hydrogen-bond donors (Lipinski definition) is 1. The van der Waals surface area contributed by atoms with E-state index in [-0.39, 0.29) is 18.6 Å². The molecule has 3 aromatic heterocycles. The van der Waals surface area contributed by atoms with E-state index in [9.17, 15) is 18.0 Å². The minimum absolute atomic E-state index is 0.00258. The van der Waals surface area contributed by atoms with Gasteiger partial charge >= 0.3 is 5.97 Å². The molecule has 40 heavy (non-hydrogen) atoms. The van der Waals surface area contributed by atoms with E-state index >= 15 is 0 Å². The van der Waals surface area contributed by atoms with Crippen molar-refractivity contribution in [1.29, 1.82) is 0 Å². The maximum Gasteiger partial charge on any atom is 0.328 e. The molecule has 1 aromatic carbocycles. The fourth-order valence-corrected chi connectivity index (χ4v) is 6.26. The molecule has 208 valence electrons. The zero-order valence-corrected chi connectivity index (χ0v) is 22.6. The van der Waals surface area contributed by atoms with E-state index in [0.717, 1.165) is 11.4 Å². The number of esters is 1. The van der Waals surface area contributed by atoms with Gasteiger partial charge in [-0.1, -0.05) is 46.8 Å². The number of rotatable bonds is 5. The number of pyridine rings is 1. The quantitative estimate of drug-likeness (QED) is 0.335. The Morgan fingerprint density at radius 2 is 1.55 bits per heavy atom. The van der Waals surface area contributed by atoms with Crippen molar-refractivity contribution in [1.82, 2.24) is 40.3 Å². The van der Waals surface area contributed by atoms with E-state index in [0.29, 0.717) is 30.0 Å². The van der Waals surface area contributed by atoms with E-state index < -0.39 is 39.4 Å². The van der Waals surface area contributed by atoms with Gasteiger partial charge in [0.15, 0.2) is 9.84 Å². The number of methoxy groups -OCH3 is 1. The van der Waals surface area contributed by atoms with Gasteiger partial charge in [0.05, 0.1) is 60.4 Å². The molecule has 0 saturated heterocycles. The van der Waals surface area contributed by atoms with Crippen LogP contribution in [0.25, 0.3) is 0 Å². The first kappa shape index (κ1) is 27.1. The van der Waals surface area contributed by atoms with Crippen molar-refractivity contribution in [2.75, 3.05) is 12.9 Å². The second-order valence-corrected chi connectivity index (χ2v) is 11.8. The van der Waals surface area contributed by atoms with Crippen molar-refractivity contribution in [3.05, 3.63) is 89.3 Å². The van der Waals surface area contributed by atoms with Gasteiger partial charge in [-0.2, -0.15) is 0 Å². The topological polar surface area (TPSA) is 164 Å². The number of hydrogen-bond acceptors (Lipinski definition) is 10. The Morgan fingerprint density at radius 1 is 0.925 bits per heavy atom. The molecule has 0 unspecified atom stereocenters. The lowest BCUT2D eigenvalue weighted by molar-refractivity contribution is -0.145. The molecule has 13 nitrogen and oxygen atoms in total. The van der Waals surface area contributed by atoms with Gasteiger partial charge in [-0.3, -0.25) is 9.78 Å².